The number of pyridine rings is 1. The Kier molecular flexibility index (Phi) is 4.14. The lowest BCUT2D eigenvalue weighted by Crippen LogP contribution is -2.35. The summed E-state index contributed by atoms with van der Waals surface area (Å²) in [6.45, 7) is 5.18. The first-order chi connectivity index (χ1) is 9.08. The number of carbonyl (C=O) groups excluding carboxylic acids is 2. The molecule has 0 bridgehead atoms. The maximum absolute atomic E-state index is 12.0. The topological polar surface area (TPSA) is 62.3 Å². The van der Waals surface area contributed by atoms with Crippen molar-refractivity contribution >= 4 is 17.5 Å². The van der Waals surface area contributed by atoms with Crippen LogP contribution in [-0.2, 0) is 9.59 Å². The largest absolute Gasteiger partial charge is 0.356 e. The summed E-state index contributed by atoms with van der Waals surface area (Å²) in [5.74, 6) is 0.105. The number of hydrogen-bond acceptors (Lipinski definition) is 3. The van der Waals surface area contributed by atoms with Gasteiger partial charge in [-0.15, -0.1) is 0 Å². The summed E-state index contributed by atoms with van der Waals surface area (Å²) in [6, 6.07) is 3.62. The molecular formula is C14H19N3O2. The molecule has 2 heterocycles. The second-order valence-corrected chi connectivity index (χ2v) is 5.26. The van der Waals surface area contributed by atoms with Crippen LogP contribution in [0, 0.1) is 11.8 Å². The van der Waals surface area contributed by atoms with E-state index in [1.165, 1.54) is 0 Å². The Morgan fingerprint density at radius 3 is 3.00 bits per heavy atom. The SMILES string of the molecule is CC(C)CNC(=O)C1CC(=O)N(c2cccnc2)C1. The van der Waals surface area contributed by atoms with Crippen LogP contribution >= 0.6 is 0 Å². The molecule has 1 aromatic rings. The normalized spacial score (nSPS) is 19.0. The number of nitrogens with one attached hydrogen (secondary N) is 1. The minimum Gasteiger partial charge on any atom is -0.356 e. The lowest BCUT2D eigenvalue weighted by molar-refractivity contribution is -0.126. The summed E-state index contributed by atoms with van der Waals surface area (Å²) < 4.78 is 0. The van der Waals surface area contributed by atoms with Crippen molar-refractivity contribution in [2.24, 2.45) is 11.8 Å². The summed E-state index contributed by atoms with van der Waals surface area (Å²) in [4.78, 5) is 29.5. The average molecular weight is 261 g/mol. The molecule has 1 fully saturated rings. The van der Waals surface area contributed by atoms with E-state index < -0.39 is 0 Å². The highest BCUT2D eigenvalue weighted by Gasteiger charge is 2.35. The van der Waals surface area contributed by atoms with E-state index in [2.05, 4.69) is 10.3 Å². The van der Waals surface area contributed by atoms with E-state index >= 15 is 0 Å². The highest BCUT2D eigenvalue weighted by Crippen LogP contribution is 2.24. The smallest absolute Gasteiger partial charge is 0.227 e. The van der Waals surface area contributed by atoms with Crippen LogP contribution in [0.1, 0.15) is 20.3 Å². The van der Waals surface area contributed by atoms with Crippen LogP contribution in [0.2, 0.25) is 0 Å². The molecule has 1 aliphatic rings. The van der Waals surface area contributed by atoms with Gasteiger partial charge < -0.3 is 10.2 Å². The Hall–Kier alpha value is -1.91. The first-order valence-corrected chi connectivity index (χ1v) is 6.56. The number of nitrogens with zero attached hydrogens (tertiary/aromatic N) is 2. The summed E-state index contributed by atoms with van der Waals surface area (Å²) in [5.41, 5.74) is 0.756. The van der Waals surface area contributed by atoms with Crippen molar-refractivity contribution in [2.45, 2.75) is 20.3 Å². The molecule has 1 N–H and O–H groups in total. The summed E-state index contributed by atoms with van der Waals surface area (Å²) >= 11 is 0. The second kappa shape index (κ2) is 5.82. The van der Waals surface area contributed by atoms with Crippen LogP contribution in [-0.4, -0.2) is 29.9 Å². The van der Waals surface area contributed by atoms with Crippen molar-refractivity contribution in [2.75, 3.05) is 18.0 Å². The molecule has 0 aromatic carbocycles. The molecule has 2 rings (SSSR count). The summed E-state index contributed by atoms with van der Waals surface area (Å²) in [6.07, 6.45) is 3.59. The molecule has 19 heavy (non-hydrogen) atoms. The Bertz CT molecular complexity index is 459. The monoisotopic (exact) mass is 261 g/mol. The zero-order valence-electron chi connectivity index (χ0n) is 11.3. The third-order valence-corrected chi connectivity index (χ3v) is 3.14. The van der Waals surface area contributed by atoms with Gasteiger partial charge in [-0.05, 0) is 18.1 Å². The van der Waals surface area contributed by atoms with Gasteiger partial charge >= 0.3 is 0 Å². The van der Waals surface area contributed by atoms with Crippen LogP contribution in [0.15, 0.2) is 24.5 Å². The van der Waals surface area contributed by atoms with Crippen LogP contribution in [0.4, 0.5) is 5.69 Å². The second-order valence-electron chi connectivity index (χ2n) is 5.26. The van der Waals surface area contributed by atoms with Crippen molar-refractivity contribution in [1.82, 2.24) is 10.3 Å². The summed E-state index contributed by atoms with van der Waals surface area (Å²) in [5, 5.41) is 2.88. The van der Waals surface area contributed by atoms with E-state index in [0.717, 1.165) is 5.69 Å². The quantitative estimate of drug-likeness (QED) is 0.886. The van der Waals surface area contributed by atoms with Gasteiger partial charge in [-0.3, -0.25) is 14.6 Å². The number of rotatable bonds is 4. The zero-order chi connectivity index (χ0) is 13.8. The summed E-state index contributed by atoms with van der Waals surface area (Å²) in [7, 11) is 0. The molecule has 0 saturated carbocycles. The minimum atomic E-state index is -0.258. The number of hydrogen-bond donors (Lipinski definition) is 1. The third-order valence-electron chi connectivity index (χ3n) is 3.14. The predicted octanol–water partition coefficient (Wildman–Crippen LogP) is 1.21. The van der Waals surface area contributed by atoms with E-state index in [1.54, 1.807) is 23.4 Å². The van der Waals surface area contributed by atoms with Crippen molar-refractivity contribution in [3.63, 3.8) is 0 Å². The molecule has 1 atom stereocenters. The Morgan fingerprint density at radius 1 is 1.58 bits per heavy atom. The molecule has 0 spiro atoms. The fourth-order valence-corrected chi connectivity index (χ4v) is 2.10. The van der Waals surface area contributed by atoms with Gasteiger partial charge in [0.2, 0.25) is 11.8 Å². The molecular weight excluding hydrogens is 242 g/mol. The van der Waals surface area contributed by atoms with E-state index in [4.69, 9.17) is 0 Å². The Morgan fingerprint density at radius 2 is 2.37 bits per heavy atom. The van der Waals surface area contributed by atoms with Gasteiger partial charge in [0.05, 0.1) is 17.8 Å². The Balaban J connectivity index is 1.98. The molecule has 1 aromatic heterocycles. The van der Waals surface area contributed by atoms with Gasteiger partial charge in [0, 0.05) is 25.7 Å². The average Bonchev–Trinajstić information content (AvgIpc) is 2.79. The maximum Gasteiger partial charge on any atom is 0.227 e. The van der Waals surface area contributed by atoms with Crippen LogP contribution in [0.5, 0.6) is 0 Å². The van der Waals surface area contributed by atoms with Gasteiger partial charge in [-0.2, -0.15) is 0 Å². The molecule has 1 unspecified atom stereocenters. The van der Waals surface area contributed by atoms with Gasteiger partial charge in [-0.1, -0.05) is 13.8 Å². The maximum atomic E-state index is 12.0. The molecule has 5 nitrogen and oxygen atoms in total. The molecule has 2 amide bonds. The van der Waals surface area contributed by atoms with Crippen LogP contribution in [0.25, 0.3) is 0 Å². The fourth-order valence-electron chi connectivity index (χ4n) is 2.10. The molecule has 5 heteroatoms. The molecule has 0 radical (unpaired) electrons. The first-order valence-electron chi connectivity index (χ1n) is 6.56. The van der Waals surface area contributed by atoms with Crippen molar-refractivity contribution in [3.05, 3.63) is 24.5 Å². The fraction of sp³-hybridized carbons (Fsp3) is 0.500. The standard InChI is InChI=1S/C14H19N3O2/c1-10(2)7-16-14(19)11-6-13(18)17(9-11)12-4-3-5-15-8-12/h3-5,8,10-11H,6-7,9H2,1-2H3,(H,16,19). The first kappa shape index (κ1) is 13.5. The molecule has 1 aliphatic heterocycles. The van der Waals surface area contributed by atoms with E-state index in [9.17, 15) is 9.59 Å². The lowest BCUT2D eigenvalue weighted by Gasteiger charge is -2.16. The number of amides is 2. The minimum absolute atomic E-state index is 0.0160. The number of anilines is 1. The highest BCUT2D eigenvalue weighted by atomic mass is 16.2. The van der Waals surface area contributed by atoms with Gasteiger partial charge in [0.1, 0.15) is 0 Å². The van der Waals surface area contributed by atoms with E-state index in [0.29, 0.717) is 19.0 Å². The van der Waals surface area contributed by atoms with Crippen molar-refractivity contribution in [3.8, 4) is 0 Å². The highest BCUT2D eigenvalue weighted by molar-refractivity contribution is 6.00. The number of aromatic nitrogens is 1. The zero-order valence-corrected chi connectivity index (χ0v) is 11.3. The van der Waals surface area contributed by atoms with Gasteiger partial charge in [-0.25, -0.2) is 0 Å². The predicted molar refractivity (Wildman–Crippen MR) is 72.5 cm³/mol. The van der Waals surface area contributed by atoms with Crippen LogP contribution < -0.4 is 10.2 Å². The number of carbonyl (C=O) groups is 2. The lowest BCUT2D eigenvalue weighted by atomic mass is 10.1. The molecule has 102 valence electrons. The van der Waals surface area contributed by atoms with Gasteiger partial charge in [0.15, 0.2) is 0 Å². The van der Waals surface area contributed by atoms with Crippen molar-refractivity contribution in [1.29, 1.82) is 0 Å². The van der Waals surface area contributed by atoms with Crippen molar-refractivity contribution < 1.29 is 9.59 Å². The Labute approximate surface area is 113 Å². The van der Waals surface area contributed by atoms with Gasteiger partial charge in [0.25, 0.3) is 0 Å². The van der Waals surface area contributed by atoms with Crippen LogP contribution in [0.3, 0.4) is 0 Å². The van der Waals surface area contributed by atoms with E-state index in [-0.39, 0.29) is 24.2 Å². The third kappa shape index (κ3) is 3.30. The molecule has 1 saturated heterocycles. The molecule has 0 aliphatic carbocycles. The van der Waals surface area contributed by atoms with E-state index in [1.807, 2.05) is 19.9 Å².